The predicted molar refractivity (Wildman–Crippen MR) is 68.3 cm³/mol. The summed E-state index contributed by atoms with van der Waals surface area (Å²) < 4.78 is 5.37. The topological polar surface area (TPSA) is 41.6 Å². The number of benzene rings is 1. The van der Waals surface area contributed by atoms with Crippen molar-refractivity contribution >= 4 is 5.91 Å². The standard InChI is InChI=1S/C14H18N2O2/c1-15-13-4-5-16(7-13)14(17)10-2-3-11-8-18-9-12(11)6-10/h2-3,6,13,15H,4-5,7-9H2,1H3. The van der Waals surface area contributed by atoms with Gasteiger partial charge in [0.05, 0.1) is 13.2 Å². The van der Waals surface area contributed by atoms with Gasteiger partial charge < -0.3 is 15.0 Å². The molecule has 96 valence electrons. The molecule has 2 aliphatic rings. The number of amides is 1. The number of nitrogens with zero attached hydrogens (tertiary/aromatic N) is 1. The normalized spacial score (nSPS) is 22.3. The van der Waals surface area contributed by atoms with E-state index in [-0.39, 0.29) is 5.91 Å². The van der Waals surface area contributed by atoms with Crippen LogP contribution in [0.5, 0.6) is 0 Å². The second-order valence-corrected chi connectivity index (χ2v) is 5.00. The lowest BCUT2D eigenvalue weighted by molar-refractivity contribution is 0.0789. The molecule has 0 radical (unpaired) electrons. The smallest absolute Gasteiger partial charge is 0.253 e. The van der Waals surface area contributed by atoms with Gasteiger partial charge in [0.2, 0.25) is 0 Å². The average molecular weight is 246 g/mol. The van der Waals surface area contributed by atoms with Gasteiger partial charge >= 0.3 is 0 Å². The van der Waals surface area contributed by atoms with E-state index < -0.39 is 0 Å². The van der Waals surface area contributed by atoms with Crippen molar-refractivity contribution in [2.75, 3.05) is 20.1 Å². The van der Waals surface area contributed by atoms with E-state index in [2.05, 4.69) is 5.32 Å². The third-order valence-electron chi connectivity index (χ3n) is 3.85. The lowest BCUT2D eigenvalue weighted by Crippen LogP contribution is -2.33. The van der Waals surface area contributed by atoms with Crippen molar-refractivity contribution < 1.29 is 9.53 Å². The van der Waals surface area contributed by atoms with Crippen LogP contribution in [0.4, 0.5) is 0 Å². The van der Waals surface area contributed by atoms with E-state index in [1.54, 1.807) is 0 Å². The van der Waals surface area contributed by atoms with Crippen LogP contribution in [0.25, 0.3) is 0 Å². The Morgan fingerprint density at radius 1 is 1.39 bits per heavy atom. The zero-order valence-electron chi connectivity index (χ0n) is 10.6. The zero-order valence-corrected chi connectivity index (χ0v) is 10.6. The second kappa shape index (κ2) is 4.71. The summed E-state index contributed by atoms with van der Waals surface area (Å²) in [5.74, 6) is 0.141. The predicted octanol–water partition coefficient (Wildman–Crippen LogP) is 1.15. The van der Waals surface area contributed by atoms with Crippen LogP contribution in [0, 0.1) is 0 Å². The molecule has 2 aliphatic heterocycles. The number of carbonyl (C=O) groups is 1. The van der Waals surface area contributed by atoms with E-state index in [9.17, 15) is 4.79 Å². The molecule has 1 saturated heterocycles. The number of likely N-dealkylation sites (tertiary alicyclic amines) is 1. The minimum atomic E-state index is 0.141. The van der Waals surface area contributed by atoms with Crippen LogP contribution >= 0.6 is 0 Å². The van der Waals surface area contributed by atoms with E-state index in [1.807, 2.05) is 30.1 Å². The Morgan fingerprint density at radius 3 is 3.00 bits per heavy atom. The molecule has 0 aromatic heterocycles. The molecule has 0 bridgehead atoms. The Labute approximate surface area is 107 Å². The van der Waals surface area contributed by atoms with Crippen LogP contribution < -0.4 is 5.32 Å². The Bertz CT molecular complexity index is 473. The van der Waals surface area contributed by atoms with Gasteiger partial charge in [0.15, 0.2) is 0 Å². The van der Waals surface area contributed by atoms with Crippen molar-refractivity contribution in [3.8, 4) is 0 Å². The summed E-state index contributed by atoms with van der Waals surface area (Å²) in [5.41, 5.74) is 3.15. The van der Waals surface area contributed by atoms with Crippen molar-refractivity contribution in [2.45, 2.75) is 25.7 Å². The van der Waals surface area contributed by atoms with E-state index >= 15 is 0 Å². The van der Waals surface area contributed by atoms with Crippen molar-refractivity contribution in [3.63, 3.8) is 0 Å². The Kier molecular flexibility index (Phi) is 3.06. The molecule has 4 nitrogen and oxygen atoms in total. The van der Waals surface area contributed by atoms with Crippen LogP contribution in [0.3, 0.4) is 0 Å². The van der Waals surface area contributed by atoms with Crippen molar-refractivity contribution in [3.05, 3.63) is 34.9 Å². The van der Waals surface area contributed by atoms with Gasteiger partial charge in [0.1, 0.15) is 0 Å². The molecule has 1 atom stereocenters. The highest BCUT2D eigenvalue weighted by molar-refractivity contribution is 5.94. The molecule has 1 amide bonds. The van der Waals surface area contributed by atoms with Crippen LogP contribution in [-0.4, -0.2) is 37.0 Å². The van der Waals surface area contributed by atoms with E-state index in [4.69, 9.17) is 4.74 Å². The number of hydrogen-bond donors (Lipinski definition) is 1. The zero-order chi connectivity index (χ0) is 12.5. The number of carbonyl (C=O) groups excluding carboxylic acids is 1. The first-order valence-corrected chi connectivity index (χ1v) is 6.44. The second-order valence-electron chi connectivity index (χ2n) is 5.00. The van der Waals surface area contributed by atoms with Gasteiger partial charge in [0.25, 0.3) is 5.91 Å². The fourth-order valence-electron chi connectivity index (χ4n) is 2.67. The van der Waals surface area contributed by atoms with E-state index in [1.165, 1.54) is 5.56 Å². The van der Waals surface area contributed by atoms with Gasteiger partial charge in [0, 0.05) is 24.7 Å². The van der Waals surface area contributed by atoms with Gasteiger partial charge in [-0.2, -0.15) is 0 Å². The molecule has 4 heteroatoms. The fraction of sp³-hybridized carbons (Fsp3) is 0.500. The van der Waals surface area contributed by atoms with Crippen LogP contribution in [0.1, 0.15) is 27.9 Å². The third-order valence-corrected chi connectivity index (χ3v) is 3.85. The molecule has 1 aromatic rings. The maximum absolute atomic E-state index is 12.4. The van der Waals surface area contributed by atoms with Crippen molar-refractivity contribution in [2.24, 2.45) is 0 Å². The summed E-state index contributed by atoms with van der Waals surface area (Å²) >= 11 is 0. The maximum Gasteiger partial charge on any atom is 0.253 e. The van der Waals surface area contributed by atoms with Gasteiger partial charge in [-0.25, -0.2) is 0 Å². The number of ether oxygens (including phenoxy) is 1. The molecule has 2 heterocycles. The summed E-state index contributed by atoms with van der Waals surface area (Å²) in [4.78, 5) is 14.3. The maximum atomic E-state index is 12.4. The molecule has 0 saturated carbocycles. The fourth-order valence-corrected chi connectivity index (χ4v) is 2.67. The van der Waals surface area contributed by atoms with Crippen LogP contribution in [0.15, 0.2) is 18.2 Å². The minimum absolute atomic E-state index is 0.141. The van der Waals surface area contributed by atoms with Crippen molar-refractivity contribution in [1.82, 2.24) is 10.2 Å². The number of nitrogens with one attached hydrogen (secondary N) is 1. The highest BCUT2D eigenvalue weighted by atomic mass is 16.5. The molecular formula is C14H18N2O2. The molecule has 1 N–H and O–H groups in total. The highest BCUT2D eigenvalue weighted by Gasteiger charge is 2.26. The minimum Gasteiger partial charge on any atom is -0.372 e. The van der Waals surface area contributed by atoms with Gasteiger partial charge in [-0.1, -0.05) is 6.07 Å². The molecule has 1 aromatic carbocycles. The summed E-state index contributed by atoms with van der Waals surface area (Å²) in [6, 6.07) is 6.35. The monoisotopic (exact) mass is 246 g/mol. The quantitative estimate of drug-likeness (QED) is 0.851. The third kappa shape index (κ3) is 2.02. The van der Waals surface area contributed by atoms with Crippen LogP contribution in [-0.2, 0) is 18.0 Å². The lowest BCUT2D eigenvalue weighted by Gasteiger charge is -2.16. The number of fused-ring (bicyclic) bond motifs is 1. The SMILES string of the molecule is CNC1CCN(C(=O)c2ccc3c(c2)COC3)C1. The number of likely N-dealkylation sites (N-methyl/N-ethyl adjacent to an activating group) is 1. The van der Waals surface area contributed by atoms with Gasteiger partial charge in [-0.05, 0) is 36.7 Å². The first kappa shape index (κ1) is 11.7. The number of hydrogen-bond acceptors (Lipinski definition) is 3. The lowest BCUT2D eigenvalue weighted by atomic mass is 10.1. The first-order chi connectivity index (χ1) is 8.78. The highest BCUT2D eigenvalue weighted by Crippen LogP contribution is 2.22. The summed E-state index contributed by atoms with van der Waals surface area (Å²) in [6.45, 7) is 2.96. The average Bonchev–Trinajstić information content (AvgIpc) is 3.05. The summed E-state index contributed by atoms with van der Waals surface area (Å²) in [5, 5.41) is 3.23. The Balaban J connectivity index is 1.77. The molecule has 1 fully saturated rings. The molecule has 3 rings (SSSR count). The van der Waals surface area contributed by atoms with Gasteiger partial charge in [-0.15, -0.1) is 0 Å². The summed E-state index contributed by atoms with van der Waals surface area (Å²) in [6.07, 6.45) is 1.04. The molecule has 1 unspecified atom stereocenters. The van der Waals surface area contributed by atoms with E-state index in [0.717, 1.165) is 30.6 Å². The van der Waals surface area contributed by atoms with Gasteiger partial charge in [-0.3, -0.25) is 4.79 Å². The Hall–Kier alpha value is -1.39. The van der Waals surface area contributed by atoms with Crippen LogP contribution in [0.2, 0.25) is 0 Å². The molecule has 0 spiro atoms. The van der Waals surface area contributed by atoms with Crippen molar-refractivity contribution in [1.29, 1.82) is 0 Å². The first-order valence-electron chi connectivity index (χ1n) is 6.44. The number of rotatable bonds is 2. The summed E-state index contributed by atoms with van der Waals surface area (Å²) in [7, 11) is 1.95. The molecule has 0 aliphatic carbocycles. The largest absolute Gasteiger partial charge is 0.372 e. The van der Waals surface area contributed by atoms with E-state index in [0.29, 0.717) is 19.3 Å². The Morgan fingerprint density at radius 2 is 2.22 bits per heavy atom. The molecule has 18 heavy (non-hydrogen) atoms. The molecular weight excluding hydrogens is 228 g/mol.